The highest BCUT2D eigenvalue weighted by Crippen LogP contribution is 2.17. The van der Waals surface area contributed by atoms with E-state index in [1.807, 2.05) is 6.92 Å². The van der Waals surface area contributed by atoms with Gasteiger partial charge in [-0.3, -0.25) is 0 Å². The van der Waals surface area contributed by atoms with Crippen LogP contribution in [0.2, 0.25) is 0 Å². The lowest BCUT2D eigenvalue weighted by Gasteiger charge is -2.02. The highest BCUT2D eigenvalue weighted by molar-refractivity contribution is 5.90. The van der Waals surface area contributed by atoms with Crippen molar-refractivity contribution in [2.75, 3.05) is 13.2 Å². The molecule has 1 rings (SSSR count). The second kappa shape index (κ2) is 3.58. The Morgan fingerprint density at radius 3 is 2.92 bits per heavy atom. The van der Waals surface area contributed by atoms with Gasteiger partial charge < -0.3 is 15.2 Å². The summed E-state index contributed by atoms with van der Waals surface area (Å²) in [4.78, 5) is 11.2. The predicted molar refractivity (Wildman–Crippen MR) is 43.3 cm³/mol. The van der Waals surface area contributed by atoms with Gasteiger partial charge in [0.15, 0.2) is 0 Å². The molecule has 1 aliphatic heterocycles. The second-order valence-corrected chi connectivity index (χ2v) is 2.61. The Balaban J connectivity index is 2.68. The molecular weight excluding hydrogens is 158 g/mol. The average Bonchev–Trinajstić information content (AvgIpc) is 2.34. The van der Waals surface area contributed by atoms with E-state index in [2.05, 4.69) is 0 Å². The van der Waals surface area contributed by atoms with Gasteiger partial charge in [0.2, 0.25) is 0 Å². The van der Waals surface area contributed by atoms with Crippen molar-refractivity contribution < 1.29 is 14.3 Å². The maximum atomic E-state index is 11.2. The summed E-state index contributed by atoms with van der Waals surface area (Å²) in [6.45, 7) is 4.20. The van der Waals surface area contributed by atoms with Crippen molar-refractivity contribution in [3.8, 4) is 0 Å². The van der Waals surface area contributed by atoms with E-state index in [9.17, 15) is 4.79 Å². The summed E-state index contributed by atoms with van der Waals surface area (Å²) < 4.78 is 9.93. The van der Waals surface area contributed by atoms with E-state index in [0.29, 0.717) is 17.9 Å². The fourth-order valence-corrected chi connectivity index (χ4v) is 1.02. The zero-order chi connectivity index (χ0) is 9.14. The van der Waals surface area contributed by atoms with Crippen molar-refractivity contribution in [2.45, 2.75) is 20.0 Å². The molecule has 0 aromatic carbocycles. The summed E-state index contributed by atoms with van der Waals surface area (Å²) in [5.41, 5.74) is 6.56. The van der Waals surface area contributed by atoms with Crippen LogP contribution in [0.1, 0.15) is 13.8 Å². The molecule has 0 radical (unpaired) electrons. The molecule has 1 unspecified atom stereocenters. The summed E-state index contributed by atoms with van der Waals surface area (Å²) in [6, 6.07) is 0. The first kappa shape index (κ1) is 9.06. The molecule has 0 aromatic heterocycles. The first-order valence-electron chi connectivity index (χ1n) is 3.94. The number of ether oxygens (including phenoxy) is 2. The van der Waals surface area contributed by atoms with Gasteiger partial charge in [-0.25, -0.2) is 4.79 Å². The topological polar surface area (TPSA) is 61.5 Å². The fraction of sp³-hybridized carbons (Fsp3) is 0.625. The van der Waals surface area contributed by atoms with E-state index in [1.54, 1.807) is 6.92 Å². The Kier molecular flexibility index (Phi) is 2.70. The van der Waals surface area contributed by atoms with E-state index in [4.69, 9.17) is 15.2 Å². The van der Waals surface area contributed by atoms with Crippen LogP contribution in [0.15, 0.2) is 11.3 Å². The van der Waals surface area contributed by atoms with Crippen molar-refractivity contribution in [3.05, 3.63) is 11.3 Å². The van der Waals surface area contributed by atoms with Gasteiger partial charge in [-0.15, -0.1) is 0 Å². The monoisotopic (exact) mass is 171 g/mol. The van der Waals surface area contributed by atoms with Gasteiger partial charge in [-0.2, -0.15) is 0 Å². The molecule has 1 atom stereocenters. The Labute approximate surface area is 71.3 Å². The molecule has 0 aromatic rings. The number of nitrogens with two attached hydrogens (primary N) is 1. The van der Waals surface area contributed by atoms with Gasteiger partial charge in [0, 0.05) is 0 Å². The van der Waals surface area contributed by atoms with Crippen molar-refractivity contribution in [3.63, 3.8) is 0 Å². The number of carbonyl (C=O) groups excluding carboxylic acids is 1. The van der Waals surface area contributed by atoms with Gasteiger partial charge in [0.1, 0.15) is 0 Å². The normalized spacial score (nSPS) is 23.0. The lowest BCUT2D eigenvalue weighted by atomic mass is 10.2. The van der Waals surface area contributed by atoms with Crippen LogP contribution in [0.5, 0.6) is 0 Å². The Bertz CT molecular complexity index is 222. The number of hydrogen-bond acceptors (Lipinski definition) is 4. The van der Waals surface area contributed by atoms with Crippen molar-refractivity contribution >= 4 is 5.97 Å². The molecule has 0 saturated carbocycles. The average molecular weight is 171 g/mol. The minimum atomic E-state index is -0.362. The molecule has 0 spiro atoms. The number of rotatable bonds is 2. The molecule has 4 nitrogen and oxygen atoms in total. The molecule has 12 heavy (non-hydrogen) atoms. The van der Waals surface area contributed by atoms with Gasteiger partial charge in [-0.05, 0) is 13.8 Å². The molecular formula is C8H13NO3. The summed E-state index contributed by atoms with van der Waals surface area (Å²) in [6.07, 6.45) is -0.163. The third kappa shape index (κ3) is 1.58. The second-order valence-electron chi connectivity index (χ2n) is 2.61. The first-order valence-corrected chi connectivity index (χ1v) is 3.94. The van der Waals surface area contributed by atoms with E-state index in [0.717, 1.165) is 0 Å². The molecule has 1 heterocycles. The van der Waals surface area contributed by atoms with Crippen LogP contribution in [-0.4, -0.2) is 25.3 Å². The first-order chi connectivity index (χ1) is 5.66. The number of hydrogen-bond donors (Lipinski definition) is 1. The molecule has 68 valence electrons. The predicted octanol–water partition coefficient (Wildman–Crippen LogP) is 0.181. The Hall–Kier alpha value is -1.03. The van der Waals surface area contributed by atoms with Crippen LogP contribution >= 0.6 is 0 Å². The quantitative estimate of drug-likeness (QED) is 0.602. The molecule has 0 amide bonds. The standard InChI is InChI=1S/C8H13NO3/c1-3-11-8(10)6-4-12-5(2)7(6)9/h5H,3-4,9H2,1-2H3. The minimum absolute atomic E-state index is 0.163. The maximum Gasteiger partial charge on any atom is 0.338 e. The minimum Gasteiger partial charge on any atom is -0.463 e. The molecule has 0 fully saturated rings. The van der Waals surface area contributed by atoms with Crippen LogP contribution < -0.4 is 5.73 Å². The Morgan fingerprint density at radius 2 is 2.50 bits per heavy atom. The summed E-state index contributed by atoms with van der Waals surface area (Å²) in [5, 5.41) is 0. The van der Waals surface area contributed by atoms with Gasteiger partial charge in [-0.1, -0.05) is 0 Å². The van der Waals surface area contributed by atoms with Crippen LogP contribution in [0, 0.1) is 0 Å². The molecule has 0 aliphatic carbocycles. The summed E-state index contributed by atoms with van der Waals surface area (Å²) in [7, 11) is 0. The Morgan fingerprint density at radius 1 is 1.83 bits per heavy atom. The molecule has 0 saturated heterocycles. The zero-order valence-corrected chi connectivity index (χ0v) is 7.29. The van der Waals surface area contributed by atoms with E-state index in [1.165, 1.54) is 0 Å². The third-order valence-electron chi connectivity index (χ3n) is 1.79. The van der Waals surface area contributed by atoms with Crippen LogP contribution in [0.4, 0.5) is 0 Å². The van der Waals surface area contributed by atoms with Crippen molar-refractivity contribution in [2.24, 2.45) is 5.73 Å². The third-order valence-corrected chi connectivity index (χ3v) is 1.79. The fourth-order valence-electron chi connectivity index (χ4n) is 1.02. The highest BCUT2D eigenvalue weighted by Gasteiger charge is 2.25. The molecule has 4 heteroatoms. The zero-order valence-electron chi connectivity index (χ0n) is 7.29. The lowest BCUT2D eigenvalue weighted by Crippen LogP contribution is -2.15. The molecule has 2 N–H and O–H groups in total. The SMILES string of the molecule is CCOC(=O)C1=C(N)C(C)OC1. The number of esters is 1. The van der Waals surface area contributed by atoms with Gasteiger partial charge in [0.25, 0.3) is 0 Å². The van der Waals surface area contributed by atoms with E-state index >= 15 is 0 Å². The van der Waals surface area contributed by atoms with Crippen LogP contribution in [0.3, 0.4) is 0 Å². The highest BCUT2D eigenvalue weighted by atomic mass is 16.5. The van der Waals surface area contributed by atoms with Gasteiger partial charge >= 0.3 is 5.97 Å². The lowest BCUT2D eigenvalue weighted by molar-refractivity contribution is -0.138. The smallest absolute Gasteiger partial charge is 0.338 e. The molecule has 0 bridgehead atoms. The van der Waals surface area contributed by atoms with Crippen LogP contribution in [-0.2, 0) is 14.3 Å². The van der Waals surface area contributed by atoms with Crippen LogP contribution in [0.25, 0.3) is 0 Å². The summed E-state index contributed by atoms with van der Waals surface area (Å²) >= 11 is 0. The van der Waals surface area contributed by atoms with E-state index < -0.39 is 0 Å². The largest absolute Gasteiger partial charge is 0.463 e. The van der Waals surface area contributed by atoms with E-state index in [-0.39, 0.29) is 18.7 Å². The summed E-state index contributed by atoms with van der Waals surface area (Å²) in [5.74, 6) is -0.362. The number of carbonyl (C=O) groups is 1. The van der Waals surface area contributed by atoms with Crippen molar-refractivity contribution in [1.29, 1.82) is 0 Å². The van der Waals surface area contributed by atoms with Crippen molar-refractivity contribution in [1.82, 2.24) is 0 Å². The maximum absolute atomic E-state index is 11.2. The molecule has 1 aliphatic rings. The van der Waals surface area contributed by atoms with Gasteiger partial charge in [0.05, 0.1) is 30.6 Å².